The molecule has 1 aromatic heterocycles. The highest BCUT2D eigenvalue weighted by molar-refractivity contribution is 5.78. The molecule has 1 aromatic carbocycles. The lowest BCUT2D eigenvalue weighted by Crippen LogP contribution is -1.98. The summed E-state index contributed by atoms with van der Waals surface area (Å²) in [4.78, 5) is 14.1. The molecule has 14 heavy (non-hydrogen) atoms. The first-order valence-corrected chi connectivity index (χ1v) is 4.21. The van der Waals surface area contributed by atoms with Crippen molar-refractivity contribution in [2.75, 3.05) is 0 Å². The maximum Gasteiger partial charge on any atom is 0.230 e. The summed E-state index contributed by atoms with van der Waals surface area (Å²) in [5, 5.41) is 11.2. The number of nitrogens with zero attached hydrogens (tertiary/aromatic N) is 2. The Balaban J connectivity index is 2.46. The van der Waals surface area contributed by atoms with E-state index in [1.165, 1.54) is 0 Å². The summed E-state index contributed by atoms with van der Waals surface area (Å²) in [6.45, 7) is -0.169. The van der Waals surface area contributed by atoms with Crippen LogP contribution >= 0.6 is 0 Å². The van der Waals surface area contributed by atoms with Crippen molar-refractivity contribution in [3.8, 4) is 0 Å². The van der Waals surface area contributed by atoms with Gasteiger partial charge in [0.05, 0.1) is 5.52 Å². The maximum atomic E-state index is 10.3. The first kappa shape index (κ1) is 8.62. The number of benzene rings is 1. The van der Waals surface area contributed by atoms with Gasteiger partial charge in [-0.05, 0) is 12.1 Å². The Morgan fingerprint density at radius 3 is 2.93 bits per heavy atom. The number of rotatable bonds is 2. The average molecular weight is 188 g/mol. The highest BCUT2D eigenvalue weighted by atomic mass is 16.6. The van der Waals surface area contributed by atoms with Gasteiger partial charge in [-0.1, -0.05) is 18.2 Å². The summed E-state index contributed by atoms with van der Waals surface area (Å²) in [6.07, 6.45) is 1.55. The predicted octanol–water partition coefficient (Wildman–Crippen LogP) is 2.01. The Morgan fingerprint density at radius 1 is 1.36 bits per heavy atom. The van der Waals surface area contributed by atoms with E-state index in [1.807, 2.05) is 24.3 Å². The van der Waals surface area contributed by atoms with E-state index in [-0.39, 0.29) is 11.5 Å². The van der Waals surface area contributed by atoms with Gasteiger partial charge in [-0.15, -0.1) is 0 Å². The van der Waals surface area contributed by atoms with Crippen molar-refractivity contribution in [3.05, 3.63) is 52.2 Å². The molecule has 2 aromatic rings. The van der Waals surface area contributed by atoms with Crippen molar-refractivity contribution in [2.24, 2.45) is 0 Å². The first-order valence-electron chi connectivity index (χ1n) is 4.21. The van der Waals surface area contributed by atoms with Gasteiger partial charge in [0.1, 0.15) is 0 Å². The third-order valence-corrected chi connectivity index (χ3v) is 1.96. The van der Waals surface area contributed by atoms with E-state index >= 15 is 0 Å². The fourth-order valence-corrected chi connectivity index (χ4v) is 1.35. The van der Waals surface area contributed by atoms with Crippen molar-refractivity contribution < 1.29 is 4.92 Å². The topological polar surface area (TPSA) is 56.0 Å². The lowest BCUT2D eigenvalue weighted by molar-refractivity contribution is -0.496. The van der Waals surface area contributed by atoms with Crippen LogP contribution in [-0.2, 0) is 6.54 Å². The average Bonchev–Trinajstić information content (AvgIpc) is 2.17. The van der Waals surface area contributed by atoms with Crippen LogP contribution in [-0.4, -0.2) is 9.91 Å². The molecule has 1 heterocycles. The van der Waals surface area contributed by atoms with Crippen molar-refractivity contribution >= 4 is 10.9 Å². The summed E-state index contributed by atoms with van der Waals surface area (Å²) >= 11 is 0. The van der Waals surface area contributed by atoms with Gasteiger partial charge in [-0.2, -0.15) is 0 Å². The highest BCUT2D eigenvalue weighted by Gasteiger charge is 2.02. The summed E-state index contributed by atoms with van der Waals surface area (Å²) in [5.74, 6) is 0. The van der Waals surface area contributed by atoms with Gasteiger partial charge in [0.15, 0.2) is 0 Å². The van der Waals surface area contributed by atoms with E-state index in [0.717, 1.165) is 10.9 Å². The Bertz CT molecular complexity index is 482. The van der Waals surface area contributed by atoms with E-state index in [2.05, 4.69) is 4.98 Å². The van der Waals surface area contributed by atoms with Gasteiger partial charge in [-0.25, -0.2) is 0 Å². The van der Waals surface area contributed by atoms with Crippen molar-refractivity contribution in [1.29, 1.82) is 0 Å². The zero-order valence-corrected chi connectivity index (χ0v) is 7.38. The number of hydrogen-bond acceptors (Lipinski definition) is 3. The molecule has 0 fully saturated rings. The van der Waals surface area contributed by atoms with Crippen LogP contribution in [0.4, 0.5) is 0 Å². The van der Waals surface area contributed by atoms with Crippen molar-refractivity contribution in [1.82, 2.24) is 4.98 Å². The molecule has 4 nitrogen and oxygen atoms in total. The Hall–Kier alpha value is -1.97. The second-order valence-electron chi connectivity index (χ2n) is 3.03. The standard InChI is InChI=1S/C10H8N2O2/c13-12(14)7-8-5-9-3-1-2-4-10(9)11-6-8/h1-6H,7H2. The predicted molar refractivity (Wildman–Crippen MR) is 52.4 cm³/mol. The summed E-state index contributed by atoms with van der Waals surface area (Å²) in [5.41, 5.74) is 1.49. The first-order chi connectivity index (χ1) is 6.75. The molecule has 0 N–H and O–H groups in total. The molecule has 0 amide bonds. The molecule has 0 spiro atoms. The van der Waals surface area contributed by atoms with Crippen LogP contribution in [0.2, 0.25) is 0 Å². The fourth-order valence-electron chi connectivity index (χ4n) is 1.35. The van der Waals surface area contributed by atoms with Crippen molar-refractivity contribution in [3.63, 3.8) is 0 Å². The largest absolute Gasteiger partial charge is 0.264 e. The zero-order valence-electron chi connectivity index (χ0n) is 7.38. The number of aromatic nitrogens is 1. The van der Waals surface area contributed by atoms with Gasteiger partial charge in [0.25, 0.3) is 0 Å². The second kappa shape index (κ2) is 3.41. The van der Waals surface area contributed by atoms with Gasteiger partial charge in [0.2, 0.25) is 6.54 Å². The second-order valence-corrected chi connectivity index (χ2v) is 3.03. The van der Waals surface area contributed by atoms with Gasteiger partial charge in [0, 0.05) is 22.1 Å². The number of nitro groups is 1. The minimum absolute atomic E-state index is 0.169. The molecule has 0 bridgehead atoms. The Labute approximate surface area is 80.4 Å². The smallest absolute Gasteiger partial charge is 0.230 e. The number of fused-ring (bicyclic) bond motifs is 1. The van der Waals surface area contributed by atoms with Crippen LogP contribution in [0.15, 0.2) is 36.5 Å². The molecule has 4 heteroatoms. The van der Waals surface area contributed by atoms with E-state index in [0.29, 0.717) is 5.56 Å². The third-order valence-electron chi connectivity index (χ3n) is 1.96. The molecule has 0 aliphatic heterocycles. The molecular weight excluding hydrogens is 180 g/mol. The molecule has 0 aliphatic carbocycles. The number of para-hydroxylation sites is 1. The van der Waals surface area contributed by atoms with E-state index < -0.39 is 0 Å². The minimum atomic E-state index is -0.355. The Morgan fingerprint density at radius 2 is 2.14 bits per heavy atom. The Kier molecular flexibility index (Phi) is 2.10. The maximum absolute atomic E-state index is 10.3. The molecule has 2 rings (SSSR count). The lowest BCUT2D eigenvalue weighted by Gasteiger charge is -1.98. The SMILES string of the molecule is O=[N+]([O-])Cc1cnc2ccccc2c1. The van der Waals surface area contributed by atoms with Crippen LogP contribution in [0, 0.1) is 10.1 Å². The normalized spacial score (nSPS) is 10.3. The summed E-state index contributed by atoms with van der Waals surface area (Å²) < 4.78 is 0. The van der Waals surface area contributed by atoms with Crippen LogP contribution < -0.4 is 0 Å². The summed E-state index contributed by atoms with van der Waals surface area (Å²) in [7, 11) is 0. The molecular formula is C10H8N2O2. The van der Waals surface area contributed by atoms with Crippen LogP contribution in [0.1, 0.15) is 5.56 Å². The lowest BCUT2D eigenvalue weighted by atomic mass is 10.2. The van der Waals surface area contributed by atoms with E-state index in [1.54, 1.807) is 12.3 Å². The van der Waals surface area contributed by atoms with Gasteiger partial charge in [-0.3, -0.25) is 15.1 Å². The third kappa shape index (κ3) is 1.69. The van der Waals surface area contributed by atoms with Gasteiger partial charge < -0.3 is 0 Å². The molecule has 70 valence electrons. The fraction of sp³-hybridized carbons (Fsp3) is 0.100. The molecule has 0 saturated heterocycles. The van der Waals surface area contributed by atoms with Crippen molar-refractivity contribution in [2.45, 2.75) is 6.54 Å². The molecule has 0 atom stereocenters. The van der Waals surface area contributed by atoms with E-state index in [4.69, 9.17) is 0 Å². The molecule has 0 unspecified atom stereocenters. The number of hydrogen-bond donors (Lipinski definition) is 0. The van der Waals surface area contributed by atoms with Crippen LogP contribution in [0.5, 0.6) is 0 Å². The quantitative estimate of drug-likeness (QED) is 0.535. The number of pyridine rings is 1. The van der Waals surface area contributed by atoms with Crippen LogP contribution in [0.25, 0.3) is 10.9 Å². The highest BCUT2D eigenvalue weighted by Crippen LogP contribution is 2.12. The molecule has 0 radical (unpaired) electrons. The minimum Gasteiger partial charge on any atom is -0.264 e. The molecule has 0 aliphatic rings. The van der Waals surface area contributed by atoms with E-state index in [9.17, 15) is 10.1 Å². The summed E-state index contributed by atoms with van der Waals surface area (Å²) in [6, 6.07) is 9.35. The van der Waals surface area contributed by atoms with Gasteiger partial charge >= 0.3 is 0 Å². The molecule has 0 saturated carbocycles. The zero-order chi connectivity index (χ0) is 9.97. The monoisotopic (exact) mass is 188 g/mol. The van der Waals surface area contributed by atoms with Crippen LogP contribution in [0.3, 0.4) is 0 Å².